The van der Waals surface area contributed by atoms with Gasteiger partial charge in [0.25, 0.3) is 0 Å². The number of hydrogen-bond donors (Lipinski definition) is 3. The Hall–Kier alpha value is -2.15. The Bertz CT molecular complexity index is 679. The molecule has 7 heteroatoms. The van der Waals surface area contributed by atoms with Gasteiger partial charge in [-0.25, -0.2) is 0 Å². The van der Waals surface area contributed by atoms with Crippen LogP contribution in [0.1, 0.15) is 23.6 Å². The van der Waals surface area contributed by atoms with E-state index >= 15 is 0 Å². The van der Waals surface area contributed by atoms with Crippen molar-refractivity contribution >= 4 is 17.3 Å². The molecule has 0 unspecified atom stereocenters. The standard InChI is InChI=1S/C16H17ClN2O4/c17-13-8-12(16(21)15(9-13)19(22)23)10-18-14(6-7-20)11-4-2-1-3-5-11/h1-5,8-9,14,18,20-21H,6-7,10H2/t14-/m1/s1. The van der Waals surface area contributed by atoms with Gasteiger partial charge in [0.1, 0.15) is 0 Å². The second-order valence-corrected chi connectivity index (χ2v) is 5.48. The van der Waals surface area contributed by atoms with Crippen molar-refractivity contribution in [1.82, 2.24) is 5.32 Å². The van der Waals surface area contributed by atoms with Crippen LogP contribution >= 0.6 is 11.6 Å². The number of hydrogen-bond acceptors (Lipinski definition) is 5. The summed E-state index contributed by atoms with van der Waals surface area (Å²) in [7, 11) is 0. The molecule has 2 rings (SSSR count). The highest BCUT2D eigenvalue weighted by molar-refractivity contribution is 6.31. The van der Waals surface area contributed by atoms with E-state index in [4.69, 9.17) is 11.6 Å². The highest BCUT2D eigenvalue weighted by Crippen LogP contribution is 2.33. The van der Waals surface area contributed by atoms with Gasteiger partial charge in [-0.15, -0.1) is 0 Å². The fraction of sp³-hybridized carbons (Fsp3) is 0.250. The van der Waals surface area contributed by atoms with Crippen molar-refractivity contribution in [1.29, 1.82) is 0 Å². The van der Waals surface area contributed by atoms with Gasteiger partial charge in [0, 0.05) is 35.8 Å². The summed E-state index contributed by atoms with van der Waals surface area (Å²) in [6.45, 7) is 0.182. The molecule has 0 saturated heterocycles. The van der Waals surface area contributed by atoms with Gasteiger partial charge in [0.2, 0.25) is 0 Å². The molecule has 23 heavy (non-hydrogen) atoms. The molecule has 0 aliphatic carbocycles. The van der Waals surface area contributed by atoms with Gasteiger partial charge in [-0.05, 0) is 18.1 Å². The second-order valence-electron chi connectivity index (χ2n) is 5.05. The van der Waals surface area contributed by atoms with Gasteiger partial charge >= 0.3 is 5.69 Å². The van der Waals surface area contributed by atoms with Crippen LogP contribution in [0.15, 0.2) is 42.5 Å². The van der Waals surface area contributed by atoms with E-state index in [1.165, 1.54) is 6.07 Å². The largest absolute Gasteiger partial charge is 0.502 e. The highest BCUT2D eigenvalue weighted by atomic mass is 35.5. The predicted molar refractivity (Wildman–Crippen MR) is 87.5 cm³/mol. The van der Waals surface area contributed by atoms with E-state index in [-0.39, 0.29) is 24.2 Å². The van der Waals surface area contributed by atoms with E-state index in [1.807, 2.05) is 30.3 Å². The van der Waals surface area contributed by atoms with Crippen molar-refractivity contribution in [2.75, 3.05) is 6.61 Å². The Morgan fingerprint density at radius 1 is 1.26 bits per heavy atom. The smallest absolute Gasteiger partial charge is 0.312 e. The third-order valence-corrected chi connectivity index (χ3v) is 3.71. The van der Waals surface area contributed by atoms with Crippen LogP contribution in [-0.2, 0) is 6.54 Å². The summed E-state index contributed by atoms with van der Waals surface area (Å²) in [6.07, 6.45) is 0.480. The molecule has 0 radical (unpaired) electrons. The molecule has 3 N–H and O–H groups in total. The number of halogens is 1. The van der Waals surface area contributed by atoms with Crippen molar-refractivity contribution in [3.8, 4) is 5.75 Å². The zero-order valence-corrected chi connectivity index (χ0v) is 13.0. The fourth-order valence-electron chi connectivity index (χ4n) is 2.35. The molecule has 0 spiro atoms. The van der Waals surface area contributed by atoms with Crippen LogP contribution in [0.4, 0.5) is 5.69 Å². The maximum Gasteiger partial charge on any atom is 0.312 e. The summed E-state index contributed by atoms with van der Waals surface area (Å²) in [5.41, 5.74) is 0.897. The van der Waals surface area contributed by atoms with Crippen molar-refractivity contribution in [2.24, 2.45) is 0 Å². The molecule has 0 bridgehead atoms. The third kappa shape index (κ3) is 4.41. The summed E-state index contributed by atoms with van der Waals surface area (Å²) in [5.74, 6) is -0.400. The number of nitro benzene ring substituents is 1. The van der Waals surface area contributed by atoms with Crippen molar-refractivity contribution < 1.29 is 15.1 Å². The number of nitrogens with zero attached hydrogens (tertiary/aromatic N) is 1. The van der Waals surface area contributed by atoms with E-state index in [1.54, 1.807) is 0 Å². The minimum absolute atomic E-state index is 0.00572. The normalized spacial score (nSPS) is 12.1. The van der Waals surface area contributed by atoms with Crippen LogP contribution in [0.2, 0.25) is 5.02 Å². The summed E-state index contributed by atoms with van der Waals surface area (Å²) < 4.78 is 0. The first-order chi connectivity index (χ1) is 11.0. The molecule has 0 aliphatic rings. The van der Waals surface area contributed by atoms with Crippen LogP contribution in [-0.4, -0.2) is 21.7 Å². The number of benzene rings is 2. The predicted octanol–water partition coefficient (Wildman–Crippen LogP) is 3.17. The van der Waals surface area contributed by atoms with Crippen LogP contribution < -0.4 is 5.32 Å². The summed E-state index contributed by atoms with van der Waals surface area (Å²) in [6, 6.07) is 12.0. The average Bonchev–Trinajstić information content (AvgIpc) is 2.54. The summed E-state index contributed by atoms with van der Waals surface area (Å²) >= 11 is 5.88. The van der Waals surface area contributed by atoms with E-state index in [0.29, 0.717) is 12.0 Å². The minimum Gasteiger partial charge on any atom is -0.502 e. The first-order valence-electron chi connectivity index (χ1n) is 7.08. The van der Waals surface area contributed by atoms with E-state index in [0.717, 1.165) is 11.6 Å². The number of nitro groups is 1. The molecule has 0 aliphatic heterocycles. The van der Waals surface area contributed by atoms with Crippen LogP contribution in [0, 0.1) is 10.1 Å². The fourth-order valence-corrected chi connectivity index (χ4v) is 2.58. The zero-order valence-electron chi connectivity index (χ0n) is 12.3. The molecule has 2 aromatic carbocycles. The Labute approximate surface area is 138 Å². The number of rotatable bonds is 7. The maximum atomic E-state index is 10.9. The molecule has 0 aromatic heterocycles. The van der Waals surface area contributed by atoms with E-state index < -0.39 is 16.4 Å². The third-order valence-electron chi connectivity index (χ3n) is 3.49. The lowest BCUT2D eigenvalue weighted by Crippen LogP contribution is -2.22. The number of aliphatic hydroxyl groups excluding tert-OH is 1. The molecule has 6 nitrogen and oxygen atoms in total. The first kappa shape index (κ1) is 17.2. The van der Waals surface area contributed by atoms with Gasteiger partial charge < -0.3 is 15.5 Å². The average molecular weight is 337 g/mol. The lowest BCUT2D eigenvalue weighted by Gasteiger charge is -2.19. The first-order valence-corrected chi connectivity index (χ1v) is 7.45. The van der Waals surface area contributed by atoms with Crippen molar-refractivity contribution in [3.05, 3.63) is 68.7 Å². The molecule has 1 atom stereocenters. The zero-order chi connectivity index (χ0) is 16.8. The minimum atomic E-state index is -0.673. The lowest BCUT2D eigenvalue weighted by molar-refractivity contribution is -0.385. The molecular weight excluding hydrogens is 320 g/mol. The molecule has 0 amide bonds. The van der Waals surface area contributed by atoms with Gasteiger partial charge in [-0.2, -0.15) is 0 Å². The van der Waals surface area contributed by atoms with Crippen molar-refractivity contribution in [3.63, 3.8) is 0 Å². The van der Waals surface area contributed by atoms with E-state index in [9.17, 15) is 20.3 Å². The highest BCUT2D eigenvalue weighted by Gasteiger charge is 2.19. The molecule has 0 heterocycles. The number of aromatic hydroxyl groups is 1. The monoisotopic (exact) mass is 336 g/mol. The van der Waals surface area contributed by atoms with Gasteiger partial charge in [0.05, 0.1) is 4.92 Å². The van der Waals surface area contributed by atoms with Crippen LogP contribution in [0.3, 0.4) is 0 Å². The second kappa shape index (κ2) is 7.92. The quantitative estimate of drug-likeness (QED) is 0.533. The number of phenolic OH excluding ortho intramolecular Hbond substituents is 1. The molecule has 122 valence electrons. The molecule has 0 saturated carbocycles. The Balaban J connectivity index is 2.20. The Morgan fingerprint density at radius 3 is 2.57 bits per heavy atom. The van der Waals surface area contributed by atoms with Crippen molar-refractivity contribution in [2.45, 2.75) is 19.0 Å². The molecule has 0 fully saturated rings. The van der Waals surface area contributed by atoms with Gasteiger partial charge in [0.15, 0.2) is 5.75 Å². The number of phenols is 1. The SMILES string of the molecule is O=[N+]([O-])c1cc(Cl)cc(CN[C@H](CCO)c2ccccc2)c1O. The van der Waals surface area contributed by atoms with Gasteiger partial charge in [-0.1, -0.05) is 41.9 Å². The van der Waals surface area contributed by atoms with Crippen LogP contribution in [0.25, 0.3) is 0 Å². The Morgan fingerprint density at radius 2 is 1.96 bits per heavy atom. The number of nitrogens with one attached hydrogen (secondary N) is 1. The lowest BCUT2D eigenvalue weighted by atomic mass is 10.0. The topological polar surface area (TPSA) is 95.6 Å². The molecular formula is C16H17ClN2O4. The summed E-state index contributed by atoms with van der Waals surface area (Å²) in [4.78, 5) is 10.2. The Kier molecular flexibility index (Phi) is 5.92. The molecule has 2 aromatic rings. The maximum absolute atomic E-state index is 10.9. The van der Waals surface area contributed by atoms with Gasteiger partial charge in [-0.3, -0.25) is 10.1 Å². The number of aliphatic hydroxyl groups is 1. The van der Waals surface area contributed by atoms with E-state index in [2.05, 4.69) is 5.32 Å². The van der Waals surface area contributed by atoms with Crippen LogP contribution in [0.5, 0.6) is 5.75 Å². The summed E-state index contributed by atoms with van der Waals surface area (Å²) in [5, 5.41) is 33.5.